The second-order valence-electron chi connectivity index (χ2n) is 7.37. The topological polar surface area (TPSA) is 71.1 Å². The Morgan fingerprint density at radius 1 is 0.906 bits per heavy atom. The molecule has 32 heavy (non-hydrogen) atoms. The molecule has 6 heteroatoms. The normalized spacial score (nSPS) is 13.5. The third-order valence-corrected chi connectivity index (χ3v) is 5.22. The van der Waals surface area contributed by atoms with E-state index in [1.165, 1.54) is 0 Å². The summed E-state index contributed by atoms with van der Waals surface area (Å²) in [5.41, 5.74) is 3.14. The maximum Gasteiger partial charge on any atom is 0.343 e. The highest BCUT2D eigenvalue weighted by molar-refractivity contribution is 6.15. The van der Waals surface area contributed by atoms with Crippen molar-refractivity contribution in [3.8, 4) is 23.0 Å². The lowest BCUT2D eigenvalue weighted by molar-refractivity contribution is 0.0733. The van der Waals surface area contributed by atoms with E-state index in [0.717, 1.165) is 11.1 Å². The monoisotopic (exact) mass is 430 g/mol. The second kappa shape index (κ2) is 8.59. The van der Waals surface area contributed by atoms with Crippen molar-refractivity contribution < 1.29 is 28.5 Å². The molecule has 0 radical (unpaired) electrons. The van der Waals surface area contributed by atoms with Crippen LogP contribution in [0.5, 0.6) is 23.0 Å². The van der Waals surface area contributed by atoms with Crippen LogP contribution in [0.15, 0.2) is 60.4 Å². The molecule has 0 saturated heterocycles. The molecule has 1 aliphatic rings. The van der Waals surface area contributed by atoms with Crippen molar-refractivity contribution in [3.05, 3.63) is 88.2 Å². The largest absolute Gasteiger partial charge is 0.493 e. The van der Waals surface area contributed by atoms with Crippen LogP contribution in [0.2, 0.25) is 0 Å². The molecule has 0 bridgehead atoms. The fourth-order valence-electron chi connectivity index (χ4n) is 3.59. The van der Waals surface area contributed by atoms with Crippen LogP contribution in [-0.2, 0) is 0 Å². The number of benzene rings is 3. The Balaban J connectivity index is 1.61. The zero-order valence-electron chi connectivity index (χ0n) is 18.2. The Morgan fingerprint density at radius 2 is 1.66 bits per heavy atom. The van der Waals surface area contributed by atoms with E-state index in [9.17, 15) is 9.59 Å². The molecule has 0 spiro atoms. The molecular weight excluding hydrogens is 408 g/mol. The van der Waals surface area contributed by atoms with Crippen LogP contribution in [0.25, 0.3) is 6.08 Å². The zero-order chi connectivity index (χ0) is 22.8. The van der Waals surface area contributed by atoms with Crippen molar-refractivity contribution in [3.63, 3.8) is 0 Å². The smallest absolute Gasteiger partial charge is 0.343 e. The first kappa shape index (κ1) is 21.2. The lowest BCUT2D eigenvalue weighted by atomic mass is 10.0. The number of hydrogen-bond donors (Lipinski definition) is 0. The lowest BCUT2D eigenvalue weighted by Crippen LogP contribution is -2.10. The number of ketones is 1. The van der Waals surface area contributed by atoms with Gasteiger partial charge < -0.3 is 18.9 Å². The molecule has 0 fully saturated rings. The van der Waals surface area contributed by atoms with Gasteiger partial charge in [-0.1, -0.05) is 24.3 Å². The maximum absolute atomic E-state index is 12.9. The molecule has 0 N–H and O–H groups in total. The van der Waals surface area contributed by atoms with E-state index in [2.05, 4.69) is 0 Å². The maximum atomic E-state index is 12.9. The highest BCUT2D eigenvalue weighted by Gasteiger charge is 2.30. The quantitative estimate of drug-likeness (QED) is 0.316. The number of methoxy groups -OCH3 is 2. The number of aryl methyl sites for hydroxylation is 2. The lowest BCUT2D eigenvalue weighted by Gasteiger charge is -2.09. The number of carbonyl (C=O) groups excluding carboxylic acids is 2. The van der Waals surface area contributed by atoms with E-state index in [1.54, 1.807) is 69.7 Å². The van der Waals surface area contributed by atoms with Gasteiger partial charge in [-0.2, -0.15) is 0 Å². The standard InChI is InChI=1S/C26H22O6/c1-15-7-5-6-8-19(15)26(28)31-18-11-16(2)24-22(14-18)32-23(25(24)27)13-17-9-10-20(29-3)21(12-17)30-4/h5-14H,1-4H3/b23-13-. The summed E-state index contributed by atoms with van der Waals surface area (Å²) in [6.07, 6.45) is 1.64. The van der Waals surface area contributed by atoms with Crippen LogP contribution >= 0.6 is 0 Å². The number of carbonyl (C=O) groups is 2. The SMILES string of the molecule is COc1ccc(/C=C2\Oc3cc(OC(=O)c4ccccc4C)cc(C)c3C2=O)cc1OC. The zero-order valence-corrected chi connectivity index (χ0v) is 18.2. The summed E-state index contributed by atoms with van der Waals surface area (Å²) in [5, 5.41) is 0. The second-order valence-corrected chi connectivity index (χ2v) is 7.37. The van der Waals surface area contributed by atoms with Crippen molar-refractivity contribution in [2.75, 3.05) is 14.2 Å². The molecule has 4 rings (SSSR count). The van der Waals surface area contributed by atoms with E-state index in [0.29, 0.717) is 39.7 Å². The summed E-state index contributed by atoms with van der Waals surface area (Å²) in [7, 11) is 3.10. The third kappa shape index (κ3) is 3.95. The molecule has 1 heterocycles. The first-order valence-electron chi connectivity index (χ1n) is 10.00. The van der Waals surface area contributed by atoms with Gasteiger partial charge in [-0.25, -0.2) is 4.79 Å². The van der Waals surface area contributed by atoms with Gasteiger partial charge in [0.25, 0.3) is 0 Å². The van der Waals surface area contributed by atoms with Gasteiger partial charge >= 0.3 is 5.97 Å². The van der Waals surface area contributed by atoms with Crippen LogP contribution < -0.4 is 18.9 Å². The van der Waals surface area contributed by atoms with Crippen LogP contribution in [0.3, 0.4) is 0 Å². The number of allylic oxidation sites excluding steroid dienone is 1. The molecule has 162 valence electrons. The average molecular weight is 430 g/mol. The predicted molar refractivity (Wildman–Crippen MR) is 120 cm³/mol. The van der Waals surface area contributed by atoms with Crippen molar-refractivity contribution >= 4 is 17.8 Å². The first-order chi connectivity index (χ1) is 15.4. The summed E-state index contributed by atoms with van der Waals surface area (Å²) in [6, 6.07) is 15.7. The molecule has 0 amide bonds. The predicted octanol–water partition coefficient (Wildman–Crippen LogP) is 5.16. The highest BCUT2D eigenvalue weighted by atomic mass is 16.5. The molecule has 0 aromatic heterocycles. The van der Waals surface area contributed by atoms with Crippen molar-refractivity contribution in [1.82, 2.24) is 0 Å². The molecule has 0 aliphatic carbocycles. The molecule has 0 unspecified atom stereocenters. The molecular formula is C26H22O6. The van der Waals surface area contributed by atoms with Gasteiger partial charge in [0.1, 0.15) is 11.5 Å². The Kier molecular flexibility index (Phi) is 5.69. The Labute approximate surface area is 186 Å². The molecule has 6 nitrogen and oxygen atoms in total. The Bertz CT molecular complexity index is 1260. The van der Waals surface area contributed by atoms with Crippen LogP contribution in [0.1, 0.15) is 37.4 Å². The number of fused-ring (bicyclic) bond motifs is 1. The molecule has 0 saturated carbocycles. The highest BCUT2D eigenvalue weighted by Crippen LogP contribution is 2.38. The van der Waals surface area contributed by atoms with Crippen LogP contribution in [0.4, 0.5) is 0 Å². The number of rotatable bonds is 5. The van der Waals surface area contributed by atoms with Crippen molar-refractivity contribution in [2.24, 2.45) is 0 Å². The van der Waals surface area contributed by atoms with E-state index in [4.69, 9.17) is 18.9 Å². The van der Waals surface area contributed by atoms with Crippen LogP contribution in [-0.4, -0.2) is 26.0 Å². The summed E-state index contributed by atoms with van der Waals surface area (Å²) < 4.78 is 22.0. The average Bonchev–Trinajstić information content (AvgIpc) is 3.09. The minimum absolute atomic E-state index is 0.178. The fourth-order valence-corrected chi connectivity index (χ4v) is 3.59. The number of Topliss-reactive ketones (excluding diaryl/α,β-unsaturated/α-hetero) is 1. The van der Waals surface area contributed by atoms with Crippen LogP contribution in [0, 0.1) is 13.8 Å². The van der Waals surface area contributed by atoms with Crippen molar-refractivity contribution in [2.45, 2.75) is 13.8 Å². The molecule has 0 atom stereocenters. The summed E-state index contributed by atoms with van der Waals surface area (Å²) in [6.45, 7) is 3.63. The minimum Gasteiger partial charge on any atom is -0.493 e. The Morgan fingerprint density at radius 3 is 2.38 bits per heavy atom. The van der Waals surface area contributed by atoms with Gasteiger partial charge in [0.05, 0.1) is 25.3 Å². The van der Waals surface area contributed by atoms with Gasteiger partial charge in [0.15, 0.2) is 17.3 Å². The first-order valence-corrected chi connectivity index (χ1v) is 10.00. The van der Waals surface area contributed by atoms with E-state index >= 15 is 0 Å². The Hall–Kier alpha value is -4.06. The number of ether oxygens (including phenoxy) is 4. The van der Waals surface area contributed by atoms with Gasteiger partial charge in [-0.05, 0) is 60.9 Å². The van der Waals surface area contributed by atoms with Gasteiger partial charge in [0.2, 0.25) is 5.78 Å². The fraction of sp³-hybridized carbons (Fsp3) is 0.154. The molecule has 3 aromatic carbocycles. The summed E-state index contributed by atoms with van der Waals surface area (Å²) in [5.74, 6) is 1.29. The summed E-state index contributed by atoms with van der Waals surface area (Å²) in [4.78, 5) is 25.5. The van der Waals surface area contributed by atoms with Gasteiger partial charge in [-0.3, -0.25) is 4.79 Å². The van der Waals surface area contributed by atoms with Gasteiger partial charge in [0, 0.05) is 6.07 Å². The number of esters is 1. The summed E-state index contributed by atoms with van der Waals surface area (Å²) >= 11 is 0. The molecule has 3 aromatic rings. The third-order valence-electron chi connectivity index (χ3n) is 5.22. The minimum atomic E-state index is -0.465. The van der Waals surface area contributed by atoms with Crippen molar-refractivity contribution in [1.29, 1.82) is 0 Å². The van der Waals surface area contributed by atoms with Gasteiger partial charge in [-0.15, -0.1) is 0 Å². The van der Waals surface area contributed by atoms with E-state index < -0.39 is 5.97 Å². The molecule has 1 aliphatic heterocycles. The van der Waals surface area contributed by atoms with E-state index in [-0.39, 0.29) is 11.5 Å². The van der Waals surface area contributed by atoms with E-state index in [1.807, 2.05) is 19.1 Å². The number of hydrogen-bond acceptors (Lipinski definition) is 6.